The molecule has 0 bridgehead atoms. The van der Waals surface area contributed by atoms with E-state index in [1.165, 1.54) is 8.61 Å². The smallest absolute Gasteiger partial charge is 0.741 e. The molecule has 0 radical (unpaired) electrons. The van der Waals surface area contributed by atoms with Gasteiger partial charge in [-0.2, -0.15) is 0 Å². The summed E-state index contributed by atoms with van der Waals surface area (Å²) in [5.74, 6) is 0. The van der Waals surface area contributed by atoms with Crippen molar-refractivity contribution < 1.29 is 18.1 Å². The van der Waals surface area contributed by atoms with Crippen molar-refractivity contribution in [2.75, 3.05) is 54.6 Å². The molecular weight excluding hydrogens is 287 g/mol. The van der Waals surface area contributed by atoms with E-state index in [-0.39, 0.29) is 37.7 Å². The third-order valence-corrected chi connectivity index (χ3v) is 0.816. The quantitative estimate of drug-likeness (QED) is 0.510. The van der Waals surface area contributed by atoms with Crippen LogP contribution in [0.15, 0.2) is 0 Å². The van der Waals surface area contributed by atoms with Gasteiger partial charge in [0, 0.05) is 26.4 Å². The molecule has 0 N–H and O–H groups in total. The number of rotatable bonds is 4. The van der Waals surface area contributed by atoms with Gasteiger partial charge in [-0.1, -0.05) is 0 Å². The third-order valence-electron chi connectivity index (χ3n) is 0.816. The predicted octanol–water partition coefficient (Wildman–Crippen LogP) is -3.05. The van der Waals surface area contributed by atoms with Crippen LogP contribution in [0.1, 0.15) is 27.7 Å². The average Bonchev–Trinajstić information content (AvgIpc) is 2.15. The van der Waals surface area contributed by atoms with Crippen LogP contribution in [0.25, 0.3) is 0 Å². The Labute approximate surface area is 169 Å². The maximum Gasteiger partial charge on any atom is 2.00 e. The van der Waals surface area contributed by atoms with Crippen molar-refractivity contribution >= 4 is 69.7 Å². The molecule has 0 aliphatic rings. The zero-order valence-electron chi connectivity index (χ0n) is 13.2. The van der Waals surface area contributed by atoms with Gasteiger partial charge in [0.25, 0.3) is 0 Å². The van der Waals surface area contributed by atoms with Crippen molar-refractivity contribution in [3.63, 3.8) is 0 Å². The molecule has 0 saturated carbocycles. The number of hydrogen-bond donors (Lipinski definition) is 0. The van der Waals surface area contributed by atoms with E-state index in [4.69, 9.17) is 9.47 Å². The third kappa shape index (κ3) is 279. The molecule has 0 aliphatic carbocycles. The van der Waals surface area contributed by atoms with Crippen LogP contribution in [0.5, 0.6) is 0 Å². The second kappa shape index (κ2) is 23.6. The standard InChI is InChI=1S/2C4H10O.2C2H12B2N.Ca/c2*1-3-5-4-2;2*1-5(2,3)4;/h2*3-4H2,1-2H3;2*1-4H3;/q;;2*-1;+2. The number of quaternary nitrogens is 2. The van der Waals surface area contributed by atoms with E-state index in [1.807, 2.05) is 27.7 Å². The number of hydrogen-bond acceptors (Lipinski definition) is 2. The van der Waals surface area contributed by atoms with E-state index in [1.54, 1.807) is 0 Å². The summed E-state index contributed by atoms with van der Waals surface area (Å²) >= 11 is 0. The van der Waals surface area contributed by atoms with Crippen molar-refractivity contribution in [3.8, 4) is 0 Å². The van der Waals surface area contributed by atoms with Gasteiger partial charge in [0.05, 0.1) is 0 Å². The van der Waals surface area contributed by atoms with E-state index in [0.717, 1.165) is 26.4 Å². The predicted molar refractivity (Wildman–Crippen MR) is 114 cm³/mol. The van der Waals surface area contributed by atoms with Crippen molar-refractivity contribution in [3.05, 3.63) is 0 Å². The zero-order chi connectivity index (χ0) is 17.2. The van der Waals surface area contributed by atoms with Crippen molar-refractivity contribution in [2.24, 2.45) is 0 Å². The summed E-state index contributed by atoms with van der Waals surface area (Å²) in [4.78, 5) is 0. The van der Waals surface area contributed by atoms with Crippen LogP contribution in [0.4, 0.5) is 0 Å². The summed E-state index contributed by atoms with van der Waals surface area (Å²) in [5.41, 5.74) is 0. The molecule has 21 heavy (non-hydrogen) atoms. The summed E-state index contributed by atoms with van der Waals surface area (Å²) in [6.45, 7) is 11.3. The normalized spacial score (nSPS) is 9.71. The van der Waals surface area contributed by atoms with Gasteiger partial charge in [-0.25, -0.2) is 0 Å². The SMILES string of the molecule is CCOCC.CCOCC.[BH3-][N+]([BH3-])(C)C.[BH3-][N+]([BH3-])(C)C.[Ca+2]. The Morgan fingerprint density at radius 3 is 0.667 bits per heavy atom. The summed E-state index contributed by atoms with van der Waals surface area (Å²) in [7, 11) is 12.0. The molecule has 0 aliphatic heterocycles. The summed E-state index contributed by atoms with van der Waals surface area (Å²) in [5, 5.41) is 0. The van der Waals surface area contributed by atoms with Gasteiger partial charge in [0.2, 0.25) is 0 Å². The maximum atomic E-state index is 4.83. The van der Waals surface area contributed by atoms with Crippen LogP contribution in [-0.2, 0) is 9.47 Å². The van der Waals surface area contributed by atoms with Crippen LogP contribution in [0, 0.1) is 0 Å². The molecule has 128 valence electrons. The fourth-order valence-electron chi connectivity index (χ4n) is 0.408. The molecule has 0 saturated heterocycles. The number of nitrogens with zero attached hydrogens (tertiary/aromatic N) is 2. The molecule has 9 heteroatoms. The van der Waals surface area contributed by atoms with E-state index in [9.17, 15) is 0 Å². The Morgan fingerprint density at radius 1 is 0.571 bits per heavy atom. The molecule has 0 aromatic carbocycles. The van der Waals surface area contributed by atoms with Crippen LogP contribution in [0.3, 0.4) is 0 Å². The molecule has 4 nitrogen and oxygen atoms in total. The Morgan fingerprint density at radius 2 is 0.667 bits per heavy atom. The van der Waals surface area contributed by atoms with E-state index >= 15 is 0 Å². The second-order valence-corrected chi connectivity index (χ2v) is 2.46. The van der Waals surface area contributed by atoms with Gasteiger partial charge in [0.15, 0.2) is 0 Å². The van der Waals surface area contributed by atoms with Crippen molar-refractivity contribution in [1.29, 1.82) is 0 Å². The minimum atomic E-state index is 0. The Bertz CT molecular complexity index is 134. The Balaban J connectivity index is -0.0000000533. The van der Waals surface area contributed by atoms with E-state index in [2.05, 4.69) is 28.2 Å². The van der Waals surface area contributed by atoms with Gasteiger partial charge in [0.1, 0.15) is 31.9 Å². The topological polar surface area (TPSA) is 18.5 Å². The minimum absolute atomic E-state index is 0. The van der Waals surface area contributed by atoms with E-state index in [0.29, 0.717) is 31.9 Å². The van der Waals surface area contributed by atoms with Crippen LogP contribution in [0.2, 0.25) is 0 Å². The fraction of sp³-hybridized carbons (Fsp3) is 1.00. The Hall–Kier alpha value is 1.36. The van der Waals surface area contributed by atoms with Crippen LogP contribution < -0.4 is 0 Å². The van der Waals surface area contributed by atoms with E-state index < -0.39 is 0 Å². The first-order valence-corrected chi connectivity index (χ1v) is 5.77. The van der Waals surface area contributed by atoms with Crippen molar-refractivity contribution in [1.82, 2.24) is 0 Å². The number of ether oxygens (including phenoxy) is 2. The molecule has 0 spiro atoms. The first kappa shape index (κ1) is 33.9. The molecule has 0 fully saturated rings. The first-order valence-electron chi connectivity index (χ1n) is 5.77. The zero-order valence-corrected chi connectivity index (χ0v) is 15.5. The molecule has 0 aromatic rings. The van der Waals surface area contributed by atoms with Crippen molar-refractivity contribution in [2.45, 2.75) is 27.7 Å². The largest absolute Gasteiger partial charge is 2.00 e. The van der Waals surface area contributed by atoms with Crippen LogP contribution >= 0.6 is 0 Å². The summed E-state index contributed by atoms with van der Waals surface area (Å²) in [6.07, 6.45) is 0. The molecule has 0 unspecified atom stereocenters. The minimum Gasteiger partial charge on any atom is -0.741 e. The first-order chi connectivity index (χ1) is 8.83. The maximum absolute atomic E-state index is 4.83. The second-order valence-electron chi connectivity index (χ2n) is 2.46. The molecular formula is C12H44B4CaN2O2. The van der Waals surface area contributed by atoms with Gasteiger partial charge in [-0.3, -0.25) is 0 Å². The van der Waals surface area contributed by atoms with Gasteiger partial charge < -0.3 is 18.1 Å². The molecule has 0 aromatic heterocycles. The van der Waals surface area contributed by atoms with Gasteiger partial charge in [-0.05, 0) is 55.9 Å². The monoisotopic (exact) mass is 332 g/mol. The summed E-state index contributed by atoms with van der Waals surface area (Å²) in [6, 6.07) is 0. The molecule has 0 atom stereocenters. The van der Waals surface area contributed by atoms with Gasteiger partial charge in [-0.15, -0.1) is 0 Å². The molecule has 0 heterocycles. The van der Waals surface area contributed by atoms with Crippen LogP contribution in [-0.4, -0.2) is 133 Å². The fourth-order valence-corrected chi connectivity index (χ4v) is 0.408. The molecule has 0 rings (SSSR count). The molecule has 0 amide bonds. The summed E-state index contributed by atoms with van der Waals surface area (Å²) < 4.78 is 12.7. The Kier molecular flexibility index (Phi) is 38.1. The average molecular weight is 332 g/mol. The van der Waals surface area contributed by atoms with Gasteiger partial charge >= 0.3 is 37.7 Å².